The lowest BCUT2D eigenvalue weighted by molar-refractivity contribution is 0.0696. The molecule has 3 aromatic rings. The van der Waals surface area contributed by atoms with Gasteiger partial charge >= 0.3 is 5.97 Å². The predicted molar refractivity (Wildman–Crippen MR) is 116 cm³/mol. The topological polar surface area (TPSA) is 76.7 Å². The van der Waals surface area contributed by atoms with Gasteiger partial charge in [-0.3, -0.25) is 4.79 Å². The molecule has 0 radical (unpaired) electrons. The summed E-state index contributed by atoms with van der Waals surface area (Å²) in [7, 11) is 0. The summed E-state index contributed by atoms with van der Waals surface area (Å²) in [4.78, 5) is 24.7. The molecule has 29 heavy (non-hydrogen) atoms. The number of hydrogen-bond donors (Lipinski definition) is 1. The van der Waals surface area contributed by atoms with Crippen molar-refractivity contribution in [2.45, 2.75) is 32.6 Å². The first kappa shape index (κ1) is 21.1. The van der Waals surface area contributed by atoms with Gasteiger partial charge in [0.25, 0.3) is 0 Å². The zero-order valence-corrected chi connectivity index (χ0v) is 17.8. The van der Waals surface area contributed by atoms with Crippen LogP contribution in [0.3, 0.4) is 0 Å². The van der Waals surface area contributed by atoms with Crippen molar-refractivity contribution in [3.8, 4) is 5.75 Å². The summed E-state index contributed by atoms with van der Waals surface area (Å²) in [5, 5.41) is 10.7. The Balaban J connectivity index is 1.98. The molecule has 1 N–H and O–H groups in total. The van der Waals surface area contributed by atoms with Crippen molar-refractivity contribution in [3.63, 3.8) is 0 Å². The quantitative estimate of drug-likeness (QED) is 0.233. The highest BCUT2D eigenvalue weighted by molar-refractivity contribution is 9.09. The average molecular weight is 459 g/mol. The third-order valence-corrected chi connectivity index (χ3v) is 5.22. The second-order valence-corrected chi connectivity index (χ2v) is 7.56. The van der Waals surface area contributed by atoms with Gasteiger partial charge in [-0.05, 0) is 55.3 Å². The van der Waals surface area contributed by atoms with Crippen LogP contribution in [0.15, 0.2) is 46.9 Å². The van der Waals surface area contributed by atoms with Crippen molar-refractivity contribution in [2.24, 2.45) is 0 Å². The molecule has 0 saturated carbocycles. The Morgan fingerprint density at radius 3 is 2.45 bits per heavy atom. The number of hydrogen-bond acceptors (Lipinski definition) is 4. The van der Waals surface area contributed by atoms with E-state index in [1.54, 1.807) is 30.3 Å². The van der Waals surface area contributed by atoms with Crippen molar-refractivity contribution in [1.29, 1.82) is 0 Å². The highest BCUT2D eigenvalue weighted by Crippen LogP contribution is 2.31. The van der Waals surface area contributed by atoms with E-state index in [0.29, 0.717) is 46.6 Å². The lowest BCUT2D eigenvalue weighted by atomic mass is 9.97. The molecule has 0 atom stereocenters. The Bertz CT molecular complexity index is 1000. The molecule has 5 nitrogen and oxygen atoms in total. The van der Waals surface area contributed by atoms with E-state index in [1.165, 1.54) is 12.1 Å². The minimum absolute atomic E-state index is 0.130. The fraction of sp³-hybridized carbons (Fsp3) is 0.304. The number of furan rings is 1. The van der Waals surface area contributed by atoms with Gasteiger partial charge in [0.15, 0.2) is 5.78 Å². The molecule has 2 aromatic carbocycles. The van der Waals surface area contributed by atoms with E-state index in [1.807, 2.05) is 0 Å². The molecular formula is C23H23BrO5. The third-order valence-electron chi connectivity index (χ3n) is 4.66. The molecule has 1 heterocycles. The summed E-state index contributed by atoms with van der Waals surface area (Å²) in [5.41, 5.74) is 1.62. The van der Waals surface area contributed by atoms with Gasteiger partial charge in [-0.2, -0.15) is 0 Å². The number of halogens is 1. The number of ketones is 1. The van der Waals surface area contributed by atoms with Crippen LogP contribution in [0.4, 0.5) is 0 Å². The first-order chi connectivity index (χ1) is 14.0. The van der Waals surface area contributed by atoms with Gasteiger partial charge in [0, 0.05) is 22.7 Å². The van der Waals surface area contributed by atoms with Crippen LogP contribution in [-0.2, 0) is 6.42 Å². The standard InChI is InChI=1S/C23H23BrO5/c1-2-3-5-20-21(18-14-16(23(26)27)8-11-19(18)29-20)22(25)15-6-9-17(10-7-15)28-13-4-12-24/h6-11,14H,2-5,12-13H2,1H3,(H,26,27). The van der Waals surface area contributed by atoms with Gasteiger partial charge in [-0.15, -0.1) is 0 Å². The lowest BCUT2D eigenvalue weighted by Crippen LogP contribution is -2.05. The molecule has 0 amide bonds. The number of carbonyl (C=O) groups excluding carboxylic acids is 1. The van der Waals surface area contributed by atoms with E-state index in [0.717, 1.165) is 24.6 Å². The van der Waals surface area contributed by atoms with Gasteiger partial charge in [-0.25, -0.2) is 4.79 Å². The van der Waals surface area contributed by atoms with Crippen LogP contribution >= 0.6 is 15.9 Å². The molecule has 152 valence electrons. The van der Waals surface area contributed by atoms with Crippen LogP contribution in [0, 0.1) is 0 Å². The van der Waals surface area contributed by atoms with E-state index in [4.69, 9.17) is 9.15 Å². The number of alkyl halides is 1. The lowest BCUT2D eigenvalue weighted by Gasteiger charge is -2.07. The molecule has 0 aliphatic heterocycles. The number of unbranched alkanes of at least 4 members (excludes halogenated alkanes) is 1. The summed E-state index contributed by atoms with van der Waals surface area (Å²) in [5.74, 6) is 0.0990. The van der Waals surface area contributed by atoms with Crippen LogP contribution in [0.2, 0.25) is 0 Å². The number of rotatable bonds is 10. The number of carboxylic acid groups (broad SMARTS) is 1. The smallest absolute Gasteiger partial charge is 0.335 e. The SMILES string of the molecule is CCCCc1oc2ccc(C(=O)O)cc2c1C(=O)c1ccc(OCCCBr)cc1. The fourth-order valence-electron chi connectivity index (χ4n) is 3.14. The molecule has 0 aliphatic carbocycles. The van der Waals surface area contributed by atoms with Crippen molar-refractivity contribution >= 4 is 38.7 Å². The van der Waals surface area contributed by atoms with Gasteiger partial charge in [0.05, 0.1) is 17.7 Å². The van der Waals surface area contributed by atoms with Crippen LogP contribution in [0.1, 0.15) is 58.2 Å². The maximum Gasteiger partial charge on any atom is 0.335 e. The molecule has 1 aromatic heterocycles. The number of carbonyl (C=O) groups is 2. The number of aromatic carboxylic acids is 1. The number of aryl methyl sites for hydroxylation is 1. The Kier molecular flexibility index (Phi) is 7.09. The van der Waals surface area contributed by atoms with Gasteiger partial charge < -0.3 is 14.3 Å². The van der Waals surface area contributed by atoms with Crippen LogP contribution in [0.5, 0.6) is 5.75 Å². The molecule has 0 spiro atoms. The average Bonchev–Trinajstić information content (AvgIpc) is 3.09. The van der Waals surface area contributed by atoms with Crippen LogP contribution in [-0.4, -0.2) is 28.8 Å². The molecule has 0 saturated heterocycles. The van der Waals surface area contributed by atoms with E-state index in [-0.39, 0.29) is 11.3 Å². The first-order valence-electron chi connectivity index (χ1n) is 9.67. The minimum atomic E-state index is -1.04. The number of carboxylic acids is 1. The van der Waals surface area contributed by atoms with Crippen molar-refractivity contribution < 1.29 is 23.8 Å². The predicted octanol–water partition coefficient (Wildman–Crippen LogP) is 5.87. The molecular weight excluding hydrogens is 436 g/mol. The molecule has 0 fully saturated rings. The highest BCUT2D eigenvalue weighted by Gasteiger charge is 2.23. The van der Waals surface area contributed by atoms with Crippen LogP contribution < -0.4 is 4.74 Å². The Morgan fingerprint density at radius 2 is 1.79 bits per heavy atom. The zero-order valence-electron chi connectivity index (χ0n) is 16.2. The van der Waals surface area contributed by atoms with E-state index in [2.05, 4.69) is 22.9 Å². The summed E-state index contributed by atoms with van der Waals surface area (Å²) in [6.07, 6.45) is 3.37. The molecule has 0 bridgehead atoms. The first-order valence-corrected chi connectivity index (χ1v) is 10.8. The van der Waals surface area contributed by atoms with Crippen molar-refractivity contribution in [2.75, 3.05) is 11.9 Å². The Morgan fingerprint density at radius 1 is 1.07 bits per heavy atom. The molecule has 0 aliphatic rings. The normalized spacial score (nSPS) is 11.0. The summed E-state index contributed by atoms with van der Waals surface area (Å²) >= 11 is 3.36. The summed E-state index contributed by atoms with van der Waals surface area (Å²) in [6.45, 7) is 2.67. The third kappa shape index (κ3) is 4.88. The largest absolute Gasteiger partial charge is 0.494 e. The monoisotopic (exact) mass is 458 g/mol. The molecule has 6 heteroatoms. The van der Waals surface area contributed by atoms with Gasteiger partial charge in [0.2, 0.25) is 0 Å². The van der Waals surface area contributed by atoms with Gasteiger partial charge in [-0.1, -0.05) is 29.3 Å². The maximum atomic E-state index is 13.3. The summed E-state index contributed by atoms with van der Waals surface area (Å²) < 4.78 is 11.6. The number of benzene rings is 2. The number of fused-ring (bicyclic) bond motifs is 1. The minimum Gasteiger partial charge on any atom is -0.494 e. The summed E-state index contributed by atoms with van der Waals surface area (Å²) in [6, 6.07) is 11.6. The van der Waals surface area contributed by atoms with Crippen molar-refractivity contribution in [1.82, 2.24) is 0 Å². The fourth-order valence-corrected chi connectivity index (χ4v) is 3.36. The number of ether oxygens (including phenoxy) is 1. The van der Waals surface area contributed by atoms with Crippen LogP contribution in [0.25, 0.3) is 11.0 Å². The Hall–Kier alpha value is -2.60. The van der Waals surface area contributed by atoms with E-state index in [9.17, 15) is 14.7 Å². The second kappa shape index (κ2) is 9.74. The Labute approximate surface area is 177 Å². The maximum absolute atomic E-state index is 13.3. The van der Waals surface area contributed by atoms with E-state index < -0.39 is 5.97 Å². The molecule has 0 unspecified atom stereocenters. The second-order valence-electron chi connectivity index (χ2n) is 6.76. The zero-order chi connectivity index (χ0) is 20.8. The van der Waals surface area contributed by atoms with Gasteiger partial charge in [0.1, 0.15) is 17.1 Å². The molecule has 3 rings (SSSR count). The van der Waals surface area contributed by atoms with E-state index >= 15 is 0 Å². The van der Waals surface area contributed by atoms with Crippen molar-refractivity contribution in [3.05, 3.63) is 64.9 Å². The highest BCUT2D eigenvalue weighted by atomic mass is 79.9.